The van der Waals surface area contributed by atoms with Crippen LogP contribution in [0.3, 0.4) is 0 Å². The molecule has 1 aliphatic heterocycles. The Balaban J connectivity index is 1.29. The van der Waals surface area contributed by atoms with Crippen LogP contribution in [0, 0.1) is 11.7 Å². The van der Waals surface area contributed by atoms with Gasteiger partial charge in [-0.3, -0.25) is 4.79 Å². The fraction of sp³-hybridized carbons (Fsp3) is 0.414. The minimum absolute atomic E-state index is 0.0303. The summed E-state index contributed by atoms with van der Waals surface area (Å²) in [4.78, 5) is 23.2. The van der Waals surface area contributed by atoms with Crippen LogP contribution < -0.4 is 15.4 Å². The van der Waals surface area contributed by atoms with Gasteiger partial charge in [0, 0.05) is 38.0 Å². The summed E-state index contributed by atoms with van der Waals surface area (Å²) in [7, 11) is 1.62. The smallest absolute Gasteiger partial charge is 0.253 e. The van der Waals surface area contributed by atoms with E-state index in [9.17, 15) is 9.18 Å². The number of nitrogens with zero attached hydrogens (tertiary/aromatic N) is 3. The maximum absolute atomic E-state index is 14.4. The molecule has 1 saturated heterocycles. The summed E-state index contributed by atoms with van der Waals surface area (Å²) in [5.74, 6) is 0.837. The van der Waals surface area contributed by atoms with E-state index in [-0.39, 0.29) is 29.0 Å². The molecule has 0 unspecified atom stereocenters. The van der Waals surface area contributed by atoms with Gasteiger partial charge in [0.25, 0.3) is 5.91 Å². The Kier molecular flexibility index (Phi) is 8.78. The summed E-state index contributed by atoms with van der Waals surface area (Å²) in [6.07, 6.45) is 1.99. The predicted molar refractivity (Wildman–Crippen MR) is 147 cm³/mol. The van der Waals surface area contributed by atoms with Crippen molar-refractivity contribution in [3.8, 4) is 5.75 Å². The summed E-state index contributed by atoms with van der Waals surface area (Å²) < 4.78 is 25.0. The Bertz CT molecular complexity index is 1210. The summed E-state index contributed by atoms with van der Waals surface area (Å²) in [6, 6.07) is 15.2. The van der Waals surface area contributed by atoms with E-state index >= 15 is 0 Å². The van der Waals surface area contributed by atoms with E-state index in [1.165, 1.54) is 5.56 Å². The lowest BCUT2D eigenvalue weighted by Crippen LogP contribution is -2.30. The molecule has 1 aromatic heterocycles. The van der Waals surface area contributed by atoms with Gasteiger partial charge in [0.2, 0.25) is 5.95 Å². The van der Waals surface area contributed by atoms with Crippen LogP contribution in [0.4, 0.5) is 21.8 Å². The van der Waals surface area contributed by atoms with Crippen LogP contribution in [0.2, 0.25) is 0 Å². The first-order valence-corrected chi connectivity index (χ1v) is 12.9. The number of ether oxygens (including phenoxy) is 2. The highest BCUT2D eigenvalue weighted by molar-refractivity contribution is 5.94. The lowest BCUT2D eigenvalue weighted by atomic mass is 9.86. The molecule has 9 heteroatoms. The molecule has 0 aliphatic carbocycles. The molecule has 2 heterocycles. The number of halogens is 1. The summed E-state index contributed by atoms with van der Waals surface area (Å²) >= 11 is 0. The third kappa shape index (κ3) is 7.19. The van der Waals surface area contributed by atoms with Gasteiger partial charge in [0.15, 0.2) is 11.6 Å². The number of benzene rings is 2. The zero-order valence-corrected chi connectivity index (χ0v) is 22.5. The summed E-state index contributed by atoms with van der Waals surface area (Å²) in [6.45, 7) is 9.24. The van der Waals surface area contributed by atoms with Crippen LogP contribution in [0.25, 0.3) is 0 Å². The highest BCUT2D eigenvalue weighted by Gasteiger charge is 2.27. The van der Waals surface area contributed by atoms with Gasteiger partial charge in [0.05, 0.1) is 12.8 Å². The Morgan fingerprint density at radius 3 is 2.53 bits per heavy atom. The number of rotatable bonds is 10. The number of carbonyl (C=O) groups is 1. The van der Waals surface area contributed by atoms with Gasteiger partial charge in [-0.25, -0.2) is 9.37 Å². The molecule has 1 fully saturated rings. The molecule has 1 amide bonds. The molecule has 0 saturated carbocycles. The number of hydrogen-bond donors (Lipinski definition) is 2. The third-order valence-corrected chi connectivity index (χ3v) is 6.54. The monoisotopic (exact) mass is 521 g/mol. The zero-order chi connectivity index (χ0) is 27.1. The molecule has 8 nitrogen and oxygen atoms in total. The van der Waals surface area contributed by atoms with Crippen molar-refractivity contribution in [2.45, 2.75) is 32.6 Å². The van der Waals surface area contributed by atoms with Crippen molar-refractivity contribution in [2.24, 2.45) is 5.92 Å². The van der Waals surface area contributed by atoms with Crippen molar-refractivity contribution in [1.82, 2.24) is 14.9 Å². The van der Waals surface area contributed by atoms with Crippen LogP contribution >= 0.6 is 0 Å². The molecule has 0 bridgehead atoms. The molecule has 2 aromatic carbocycles. The predicted octanol–water partition coefficient (Wildman–Crippen LogP) is 5.26. The molecule has 0 radical (unpaired) electrons. The molecule has 202 valence electrons. The second-order valence-corrected chi connectivity index (χ2v) is 10.5. The Hall–Kier alpha value is -3.72. The van der Waals surface area contributed by atoms with Crippen molar-refractivity contribution in [3.05, 3.63) is 71.7 Å². The van der Waals surface area contributed by atoms with E-state index < -0.39 is 5.82 Å². The van der Waals surface area contributed by atoms with Crippen molar-refractivity contribution in [3.63, 3.8) is 0 Å². The Morgan fingerprint density at radius 2 is 1.84 bits per heavy atom. The molecule has 2 N–H and O–H groups in total. The second-order valence-electron chi connectivity index (χ2n) is 10.5. The molecular formula is C29H36FN5O3. The second kappa shape index (κ2) is 12.2. The average molecular weight is 522 g/mol. The van der Waals surface area contributed by atoms with E-state index in [1.807, 2.05) is 53.4 Å². The SMILES string of the molecule is COCCOc1ccc(Nc2ncc(F)c(NC[C@H]3CCN(C(=O)c4ccc(C(C)(C)C)cc4)C3)n2)cc1. The number of anilines is 3. The number of aromatic nitrogens is 2. The Morgan fingerprint density at radius 1 is 1.11 bits per heavy atom. The van der Waals surface area contributed by atoms with Crippen molar-refractivity contribution >= 4 is 23.4 Å². The first-order valence-electron chi connectivity index (χ1n) is 12.9. The van der Waals surface area contributed by atoms with Gasteiger partial charge in [-0.05, 0) is 59.7 Å². The minimum atomic E-state index is -0.526. The first kappa shape index (κ1) is 27.3. The first-order chi connectivity index (χ1) is 18.2. The normalized spacial score (nSPS) is 15.4. The van der Waals surface area contributed by atoms with E-state index in [1.54, 1.807) is 7.11 Å². The van der Waals surface area contributed by atoms with E-state index in [4.69, 9.17) is 9.47 Å². The standard InChI is InChI=1S/C29H36FN5O3/c1-29(2,3)22-7-5-21(6-8-22)27(36)35-14-13-20(19-35)17-31-26-25(30)18-32-28(34-26)33-23-9-11-24(12-10-23)38-16-15-37-4/h5-12,18,20H,13-17,19H2,1-4H3,(H2,31,32,33,34)/t20-/m1/s1. The lowest BCUT2D eigenvalue weighted by molar-refractivity contribution is 0.0787. The zero-order valence-electron chi connectivity index (χ0n) is 22.5. The fourth-order valence-corrected chi connectivity index (χ4v) is 4.28. The summed E-state index contributed by atoms with van der Waals surface area (Å²) in [5, 5.41) is 6.19. The van der Waals surface area contributed by atoms with Crippen LogP contribution in [0.1, 0.15) is 43.1 Å². The van der Waals surface area contributed by atoms with Gasteiger partial charge < -0.3 is 25.0 Å². The third-order valence-electron chi connectivity index (χ3n) is 6.54. The van der Waals surface area contributed by atoms with Gasteiger partial charge in [0.1, 0.15) is 12.4 Å². The van der Waals surface area contributed by atoms with E-state index in [0.29, 0.717) is 38.4 Å². The number of methoxy groups -OCH3 is 1. The molecule has 3 aromatic rings. The number of carbonyl (C=O) groups excluding carboxylic acids is 1. The van der Waals surface area contributed by atoms with Gasteiger partial charge >= 0.3 is 0 Å². The number of hydrogen-bond acceptors (Lipinski definition) is 7. The van der Waals surface area contributed by atoms with E-state index in [0.717, 1.165) is 24.1 Å². The van der Waals surface area contributed by atoms with Gasteiger partial charge in [-0.2, -0.15) is 4.98 Å². The van der Waals surface area contributed by atoms with Crippen LogP contribution in [0.15, 0.2) is 54.7 Å². The number of nitrogens with one attached hydrogen (secondary N) is 2. The lowest BCUT2D eigenvalue weighted by Gasteiger charge is -2.20. The molecule has 4 rings (SSSR count). The fourth-order valence-electron chi connectivity index (χ4n) is 4.28. The molecule has 1 aliphatic rings. The topological polar surface area (TPSA) is 88.6 Å². The molecule has 38 heavy (non-hydrogen) atoms. The van der Waals surface area contributed by atoms with Crippen molar-refractivity contribution in [1.29, 1.82) is 0 Å². The van der Waals surface area contributed by atoms with Crippen LogP contribution in [-0.4, -0.2) is 60.7 Å². The molecule has 1 atom stereocenters. The van der Waals surface area contributed by atoms with Gasteiger partial charge in [-0.15, -0.1) is 0 Å². The van der Waals surface area contributed by atoms with Crippen LogP contribution in [0.5, 0.6) is 5.75 Å². The minimum Gasteiger partial charge on any atom is -0.491 e. The largest absolute Gasteiger partial charge is 0.491 e. The van der Waals surface area contributed by atoms with Crippen molar-refractivity contribution < 1.29 is 18.7 Å². The van der Waals surface area contributed by atoms with Gasteiger partial charge in [-0.1, -0.05) is 32.9 Å². The van der Waals surface area contributed by atoms with Crippen LogP contribution in [-0.2, 0) is 10.2 Å². The summed E-state index contributed by atoms with van der Waals surface area (Å²) in [5.41, 5.74) is 2.68. The highest BCUT2D eigenvalue weighted by Crippen LogP contribution is 2.25. The molecular weight excluding hydrogens is 485 g/mol. The quantitative estimate of drug-likeness (QED) is 0.352. The maximum atomic E-state index is 14.4. The Labute approximate surface area is 223 Å². The molecule has 0 spiro atoms. The maximum Gasteiger partial charge on any atom is 0.253 e. The number of amides is 1. The average Bonchev–Trinajstić information content (AvgIpc) is 3.38. The highest BCUT2D eigenvalue weighted by atomic mass is 19.1. The van der Waals surface area contributed by atoms with Crippen molar-refractivity contribution in [2.75, 3.05) is 50.6 Å². The number of likely N-dealkylation sites (tertiary alicyclic amines) is 1. The van der Waals surface area contributed by atoms with E-state index in [2.05, 4.69) is 41.4 Å².